The molecule has 1 fully saturated rings. The van der Waals surface area contributed by atoms with Gasteiger partial charge in [0, 0.05) is 6.54 Å². The monoisotopic (exact) mass is 344 g/mol. The smallest absolute Gasteiger partial charge is 0.0233 e. The molecular weight excluding hydrogens is 304 g/mol. The highest BCUT2D eigenvalue weighted by Gasteiger charge is 2.21. The van der Waals surface area contributed by atoms with Gasteiger partial charge in [-0.15, -0.1) is 0 Å². The van der Waals surface area contributed by atoms with Crippen LogP contribution in [0.1, 0.15) is 57.6 Å². The van der Waals surface area contributed by atoms with E-state index in [0.29, 0.717) is 0 Å². The SMILES string of the molecule is CC(CCCN(C)C)Cc1cccc(CN2CCC(C(C)C)CC2)c1. The van der Waals surface area contributed by atoms with Crippen LogP contribution in [-0.2, 0) is 13.0 Å². The Balaban J connectivity index is 1.79. The van der Waals surface area contributed by atoms with Crippen LogP contribution in [0.2, 0.25) is 0 Å². The largest absolute Gasteiger partial charge is 0.309 e. The molecule has 0 saturated carbocycles. The van der Waals surface area contributed by atoms with Crippen molar-refractivity contribution < 1.29 is 0 Å². The summed E-state index contributed by atoms with van der Waals surface area (Å²) in [6.45, 7) is 12.0. The van der Waals surface area contributed by atoms with Gasteiger partial charge in [-0.3, -0.25) is 4.90 Å². The van der Waals surface area contributed by atoms with Crippen molar-refractivity contribution >= 4 is 0 Å². The van der Waals surface area contributed by atoms with Crippen LogP contribution in [0.4, 0.5) is 0 Å². The first-order valence-corrected chi connectivity index (χ1v) is 10.4. The fourth-order valence-electron chi connectivity index (χ4n) is 4.15. The molecule has 1 aliphatic heterocycles. The molecule has 1 saturated heterocycles. The maximum Gasteiger partial charge on any atom is 0.0233 e. The van der Waals surface area contributed by atoms with Gasteiger partial charge in [-0.1, -0.05) is 45.0 Å². The molecule has 0 N–H and O–H groups in total. The van der Waals surface area contributed by atoms with Crippen LogP contribution in [0.3, 0.4) is 0 Å². The molecule has 0 radical (unpaired) electrons. The number of likely N-dealkylation sites (tertiary alicyclic amines) is 1. The zero-order valence-electron chi connectivity index (χ0n) is 17.3. The second kappa shape index (κ2) is 10.3. The molecule has 0 spiro atoms. The maximum atomic E-state index is 2.65. The fraction of sp³-hybridized carbons (Fsp3) is 0.739. The van der Waals surface area contributed by atoms with E-state index in [2.05, 4.69) is 68.9 Å². The number of piperidine rings is 1. The van der Waals surface area contributed by atoms with Crippen molar-refractivity contribution in [1.29, 1.82) is 0 Å². The summed E-state index contributed by atoms with van der Waals surface area (Å²) in [7, 11) is 4.33. The highest BCUT2D eigenvalue weighted by atomic mass is 15.1. The van der Waals surface area contributed by atoms with Crippen LogP contribution in [0, 0.1) is 17.8 Å². The van der Waals surface area contributed by atoms with Crippen LogP contribution in [0.5, 0.6) is 0 Å². The topological polar surface area (TPSA) is 6.48 Å². The molecule has 1 unspecified atom stereocenters. The Labute approximate surface area is 156 Å². The molecule has 1 aliphatic rings. The summed E-state index contributed by atoms with van der Waals surface area (Å²) in [4.78, 5) is 4.94. The molecule has 2 nitrogen and oxygen atoms in total. The van der Waals surface area contributed by atoms with E-state index in [-0.39, 0.29) is 0 Å². The van der Waals surface area contributed by atoms with Crippen molar-refractivity contribution in [2.24, 2.45) is 17.8 Å². The number of nitrogens with zero attached hydrogens (tertiary/aromatic N) is 2. The van der Waals surface area contributed by atoms with Crippen LogP contribution in [-0.4, -0.2) is 43.5 Å². The van der Waals surface area contributed by atoms with Gasteiger partial charge in [0.15, 0.2) is 0 Å². The Morgan fingerprint density at radius 1 is 1.08 bits per heavy atom. The highest BCUT2D eigenvalue weighted by Crippen LogP contribution is 2.25. The summed E-state index contributed by atoms with van der Waals surface area (Å²) in [5, 5.41) is 0. The first-order chi connectivity index (χ1) is 11.9. The quantitative estimate of drug-likeness (QED) is 0.617. The van der Waals surface area contributed by atoms with E-state index in [4.69, 9.17) is 0 Å². The molecule has 0 aromatic heterocycles. The molecule has 25 heavy (non-hydrogen) atoms. The van der Waals surface area contributed by atoms with Gasteiger partial charge in [-0.05, 0) is 94.7 Å². The van der Waals surface area contributed by atoms with Crippen molar-refractivity contribution in [1.82, 2.24) is 9.80 Å². The molecule has 0 aliphatic carbocycles. The Bertz CT molecular complexity index is 487. The molecular formula is C23H40N2. The van der Waals surface area contributed by atoms with Gasteiger partial charge in [-0.2, -0.15) is 0 Å². The summed E-state index contributed by atoms with van der Waals surface area (Å²) < 4.78 is 0. The number of rotatable bonds is 9. The number of hydrogen-bond donors (Lipinski definition) is 0. The molecule has 2 heteroatoms. The Kier molecular flexibility index (Phi) is 8.45. The van der Waals surface area contributed by atoms with Crippen molar-refractivity contribution in [2.75, 3.05) is 33.7 Å². The van der Waals surface area contributed by atoms with Crippen LogP contribution >= 0.6 is 0 Å². The van der Waals surface area contributed by atoms with E-state index in [1.54, 1.807) is 0 Å². The molecule has 1 aromatic carbocycles. The first-order valence-electron chi connectivity index (χ1n) is 10.4. The lowest BCUT2D eigenvalue weighted by molar-refractivity contribution is 0.152. The Morgan fingerprint density at radius 3 is 2.40 bits per heavy atom. The predicted molar refractivity (Wildman–Crippen MR) is 110 cm³/mol. The second-order valence-corrected chi connectivity index (χ2v) is 8.93. The maximum absolute atomic E-state index is 2.65. The third kappa shape index (κ3) is 7.50. The van der Waals surface area contributed by atoms with E-state index in [1.807, 2.05) is 0 Å². The molecule has 0 amide bonds. The third-order valence-corrected chi connectivity index (χ3v) is 5.86. The lowest BCUT2D eigenvalue weighted by Crippen LogP contribution is -2.34. The summed E-state index contributed by atoms with van der Waals surface area (Å²) in [5.74, 6) is 2.56. The zero-order chi connectivity index (χ0) is 18.2. The lowest BCUT2D eigenvalue weighted by Gasteiger charge is -2.33. The first kappa shape index (κ1) is 20.5. The molecule has 1 heterocycles. The standard InChI is InChI=1S/C23H40N2/c1-19(2)23-11-14-25(15-12-23)18-22-10-6-9-21(17-22)16-20(3)8-7-13-24(4)5/h6,9-10,17,19-20,23H,7-8,11-16,18H2,1-5H3. The van der Waals surface area contributed by atoms with Crippen LogP contribution in [0.15, 0.2) is 24.3 Å². The third-order valence-electron chi connectivity index (χ3n) is 5.86. The van der Waals surface area contributed by atoms with Gasteiger partial charge in [-0.25, -0.2) is 0 Å². The van der Waals surface area contributed by atoms with Crippen LogP contribution in [0.25, 0.3) is 0 Å². The minimum absolute atomic E-state index is 0.775. The highest BCUT2D eigenvalue weighted by molar-refractivity contribution is 5.24. The van der Waals surface area contributed by atoms with Crippen molar-refractivity contribution in [3.05, 3.63) is 35.4 Å². The second-order valence-electron chi connectivity index (χ2n) is 8.93. The summed E-state index contributed by atoms with van der Waals surface area (Å²) >= 11 is 0. The van der Waals surface area contributed by atoms with Gasteiger partial charge in [0.25, 0.3) is 0 Å². The van der Waals surface area contributed by atoms with Crippen molar-refractivity contribution in [3.63, 3.8) is 0 Å². The van der Waals surface area contributed by atoms with Gasteiger partial charge < -0.3 is 4.90 Å². The Morgan fingerprint density at radius 2 is 1.76 bits per heavy atom. The minimum Gasteiger partial charge on any atom is -0.309 e. The van der Waals surface area contributed by atoms with Gasteiger partial charge >= 0.3 is 0 Å². The molecule has 142 valence electrons. The fourth-order valence-corrected chi connectivity index (χ4v) is 4.15. The number of hydrogen-bond acceptors (Lipinski definition) is 2. The van der Waals surface area contributed by atoms with E-state index in [1.165, 1.54) is 62.9 Å². The molecule has 1 aromatic rings. The summed E-state index contributed by atoms with van der Waals surface area (Å²) in [6.07, 6.45) is 6.60. The van der Waals surface area contributed by atoms with Crippen LogP contribution < -0.4 is 0 Å². The van der Waals surface area contributed by atoms with Crippen molar-refractivity contribution in [3.8, 4) is 0 Å². The van der Waals surface area contributed by atoms with Gasteiger partial charge in [0.1, 0.15) is 0 Å². The molecule has 2 rings (SSSR count). The lowest BCUT2D eigenvalue weighted by atomic mass is 9.86. The van der Waals surface area contributed by atoms with Gasteiger partial charge in [0.2, 0.25) is 0 Å². The normalized spacial score (nSPS) is 18.2. The van der Waals surface area contributed by atoms with E-state index < -0.39 is 0 Å². The summed E-state index contributed by atoms with van der Waals surface area (Å²) in [5.41, 5.74) is 3.02. The minimum atomic E-state index is 0.775. The number of benzene rings is 1. The molecule has 1 atom stereocenters. The average Bonchev–Trinajstić information content (AvgIpc) is 2.55. The van der Waals surface area contributed by atoms with E-state index in [9.17, 15) is 0 Å². The zero-order valence-corrected chi connectivity index (χ0v) is 17.3. The van der Waals surface area contributed by atoms with E-state index in [0.717, 1.165) is 24.3 Å². The van der Waals surface area contributed by atoms with E-state index >= 15 is 0 Å². The summed E-state index contributed by atoms with van der Waals surface area (Å²) in [6, 6.07) is 9.35. The predicted octanol–water partition coefficient (Wildman–Crippen LogP) is 5.08. The average molecular weight is 345 g/mol. The van der Waals surface area contributed by atoms with Gasteiger partial charge in [0.05, 0.1) is 0 Å². The molecule has 0 bridgehead atoms. The Hall–Kier alpha value is -0.860. The van der Waals surface area contributed by atoms with Crippen molar-refractivity contribution in [2.45, 2.75) is 59.4 Å².